The van der Waals surface area contributed by atoms with Gasteiger partial charge in [-0.25, -0.2) is 0 Å². The van der Waals surface area contributed by atoms with Gasteiger partial charge in [-0.2, -0.15) is 0 Å². The maximum absolute atomic E-state index is 2.70. The Morgan fingerprint density at radius 2 is 1.76 bits per heavy atom. The molecule has 172 valence electrons. The van der Waals surface area contributed by atoms with Crippen molar-refractivity contribution in [2.45, 2.75) is 51.4 Å². The number of hydrogen-bond acceptors (Lipinski definition) is 1. The molecule has 34 heavy (non-hydrogen) atoms. The van der Waals surface area contributed by atoms with E-state index in [1.165, 1.54) is 78.4 Å². The third-order valence-electron chi connectivity index (χ3n) is 8.60. The molecule has 0 bridgehead atoms. The maximum atomic E-state index is 2.70. The second-order valence-electron chi connectivity index (χ2n) is 11.2. The van der Waals surface area contributed by atoms with Crippen LogP contribution >= 0.6 is 0 Å². The Balaban J connectivity index is 1.62. The average molecular weight is 513 g/mol. The van der Waals surface area contributed by atoms with Crippen LogP contribution in [0.25, 0.3) is 5.57 Å². The van der Waals surface area contributed by atoms with Gasteiger partial charge in [0.1, 0.15) is 0 Å². The van der Waals surface area contributed by atoms with Crippen molar-refractivity contribution in [2.24, 2.45) is 0 Å². The first-order chi connectivity index (χ1) is 16.5. The SMILES string of the molecule is CN1CCC(C)(C)c2cc3c(cc21)[Se]c1c2c4c(cc1=C3c1ccccc1)CCC[N+]=4CCC2. The first-order valence-electron chi connectivity index (χ1n) is 13.0. The number of anilines is 1. The number of fused-ring (bicyclic) bond motifs is 4. The van der Waals surface area contributed by atoms with Crippen LogP contribution in [0, 0.1) is 0 Å². The molecule has 0 fully saturated rings. The van der Waals surface area contributed by atoms with Crippen LogP contribution in [0.5, 0.6) is 0 Å². The van der Waals surface area contributed by atoms with Gasteiger partial charge in [0, 0.05) is 0 Å². The molecule has 7 rings (SSSR count). The molecule has 0 amide bonds. The predicted molar refractivity (Wildman–Crippen MR) is 144 cm³/mol. The summed E-state index contributed by atoms with van der Waals surface area (Å²) in [6.07, 6.45) is 6.29. The van der Waals surface area contributed by atoms with E-state index < -0.39 is 0 Å². The molecule has 0 radical (unpaired) electrons. The van der Waals surface area contributed by atoms with Gasteiger partial charge in [-0.3, -0.25) is 0 Å². The van der Waals surface area contributed by atoms with Crippen molar-refractivity contribution in [3.05, 3.63) is 86.9 Å². The van der Waals surface area contributed by atoms with Crippen LogP contribution in [0.3, 0.4) is 0 Å². The molecule has 0 spiro atoms. The molecule has 4 aliphatic rings. The van der Waals surface area contributed by atoms with Gasteiger partial charge in [0.25, 0.3) is 0 Å². The van der Waals surface area contributed by atoms with Crippen molar-refractivity contribution in [3.63, 3.8) is 0 Å². The van der Waals surface area contributed by atoms with Gasteiger partial charge in [0.05, 0.1) is 0 Å². The third kappa shape index (κ3) is 3.03. The first-order valence-corrected chi connectivity index (χ1v) is 14.7. The summed E-state index contributed by atoms with van der Waals surface area (Å²) in [5.41, 5.74) is 10.8. The van der Waals surface area contributed by atoms with Gasteiger partial charge in [0.15, 0.2) is 0 Å². The molecule has 3 aromatic rings. The Bertz CT molecular complexity index is 1460. The van der Waals surface area contributed by atoms with Gasteiger partial charge < -0.3 is 0 Å². The molecule has 4 aliphatic heterocycles. The van der Waals surface area contributed by atoms with E-state index in [0.717, 1.165) is 6.54 Å². The zero-order chi connectivity index (χ0) is 23.0. The molecule has 0 atom stereocenters. The molecule has 0 saturated heterocycles. The standard InChI is InChI=1S/C31H33N2Se/c1-31(2)13-16-32(3)26-19-27-23(18-25(26)31)28(20-9-5-4-6-10-20)24-17-21-11-7-14-33-15-8-12-22(29(21)33)30(24)34-27/h4-6,9-10,17-19H,7-8,11-16H2,1-3H3/q+1. The van der Waals surface area contributed by atoms with E-state index in [1.54, 1.807) is 25.4 Å². The molecule has 2 nitrogen and oxygen atoms in total. The van der Waals surface area contributed by atoms with E-state index in [1.807, 2.05) is 0 Å². The number of hydrogen-bond donors (Lipinski definition) is 0. The van der Waals surface area contributed by atoms with Gasteiger partial charge in [-0.05, 0) is 0 Å². The van der Waals surface area contributed by atoms with Crippen molar-refractivity contribution in [1.82, 2.24) is 4.58 Å². The van der Waals surface area contributed by atoms with Crippen LogP contribution in [0.2, 0.25) is 0 Å². The fourth-order valence-electron chi connectivity index (χ4n) is 6.71. The van der Waals surface area contributed by atoms with Crippen LogP contribution < -0.4 is 29.0 Å². The summed E-state index contributed by atoms with van der Waals surface area (Å²) in [7, 11) is 2.28. The van der Waals surface area contributed by atoms with E-state index in [9.17, 15) is 0 Å². The normalized spacial score (nSPS) is 19.8. The Morgan fingerprint density at radius 1 is 0.971 bits per heavy atom. The van der Waals surface area contributed by atoms with Crippen molar-refractivity contribution >= 4 is 35.1 Å². The Hall–Kier alpha value is -2.35. The molecule has 0 N–H and O–H groups in total. The predicted octanol–water partition coefficient (Wildman–Crippen LogP) is 2.40. The quantitative estimate of drug-likeness (QED) is 0.281. The van der Waals surface area contributed by atoms with Crippen molar-refractivity contribution in [3.8, 4) is 0 Å². The molecule has 0 saturated carbocycles. The Morgan fingerprint density at radius 3 is 2.59 bits per heavy atom. The minimum absolute atomic E-state index is 0.217. The van der Waals surface area contributed by atoms with Gasteiger partial charge >= 0.3 is 210 Å². The molecular formula is C31H33N2Se+. The molecule has 0 unspecified atom stereocenters. The third-order valence-corrected chi connectivity index (χ3v) is 11.2. The molecule has 0 aromatic heterocycles. The van der Waals surface area contributed by atoms with E-state index >= 15 is 0 Å². The molecule has 4 heterocycles. The van der Waals surface area contributed by atoms with E-state index in [-0.39, 0.29) is 5.41 Å². The summed E-state index contributed by atoms with van der Waals surface area (Å²) in [5, 5.41) is 3.16. The first kappa shape index (κ1) is 21.0. The van der Waals surface area contributed by atoms with Crippen LogP contribution in [-0.4, -0.2) is 41.6 Å². The van der Waals surface area contributed by atoms with E-state index in [4.69, 9.17) is 0 Å². The monoisotopic (exact) mass is 513 g/mol. The number of aryl methyl sites for hydroxylation is 1. The van der Waals surface area contributed by atoms with Crippen LogP contribution in [0.1, 0.15) is 60.9 Å². The summed E-state index contributed by atoms with van der Waals surface area (Å²) >= 11 is 0.339. The summed E-state index contributed by atoms with van der Waals surface area (Å²) in [6, 6.07) is 19.0. The molecule has 3 heteroatoms. The zero-order valence-corrected chi connectivity index (χ0v) is 22.3. The van der Waals surface area contributed by atoms with Gasteiger partial charge in [-0.15, -0.1) is 0 Å². The van der Waals surface area contributed by atoms with Gasteiger partial charge in [-0.1, -0.05) is 0 Å². The number of rotatable bonds is 1. The molecule has 3 aromatic carbocycles. The van der Waals surface area contributed by atoms with E-state index in [2.05, 4.69) is 78.9 Å². The fraction of sp³-hybridized carbons (Fsp3) is 0.387. The second-order valence-corrected chi connectivity index (χ2v) is 13.4. The molecular weight excluding hydrogens is 479 g/mol. The fourth-order valence-corrected chi connectivity index (χ4v) is 9.34. The summed E-state index contributed by atoms with van der Waals surface area (Å²) < 4.78 is 5.95. The van der Waals surface area contributed by atoms with Crippen LogP contribution in [-0.2, 0) is 18.3 Å². The van der Waals surface area contributed by atoms with Crippen LogP contribution in [0.15, 0.2) is 48.5 Å². The second kappa shape index (κ2) is 7.57. The summed E-state index contributed by atoms with van der Waals surface area (Å²) in [6.45, 7) is 8.50. The van der Waals surface area contributed by atoms with Gasteiger partial charge in [0.2, 0.25) is 0 Å². The van der Waals surface area contributed by atoms with Crippen molar-refractivity contribution < 1.29 is 0 Å². The van der Waals surface area contributed by atoms with E-state index in [0.29, 0.717) is 15.0 Å². The molecule has 0 aliphatic carbocycles. The van der Waals surface area contributed by atoms with Crippen molar-refractivity contribution in [2.75, 3.05) is 31.6 Å². The number of nitrogens with zero attached hydrogens (tertiary/aromatic N) is 2. The minimum atomic E-state index is 0.217. The Labute approximate surface area is 209 Å². The van der Waals surface area contributed by atoms with Crippen molar-refractivity contribution in [1.29, 1.82) is 0 Å². The summed E-state index contributed by atoms with van der Waals surface area (Å²) in [4.78, 5) is 2.49. The Kier molecular flexibility index (Phi) is 4.67. The van der Waals surface area contributed by atoms with Crippen LogP contribution in [0.4, 0.5) is 5.69 Å². The number of benzene rings is 3. The summed E-state index contributed by atoms with van der Waals surface area (Å²) in [5.74, 6) is 0. The zero-order valence-electron chi connectivity index (χ0n) is 20.6. The average Bonchev–Trinajstić information content (AvgIpc) is 2.85. The topological polar surface area (TPSA) is 6.25 Å².